The van der Waals surface area contributed by atoms with Crippen molar-refractivity contribution in [1.29, 1.82) is 0 Å². The number of hydrogen-bond donors (Lipinski definition) is 0. The Morgan fingerprint density at radius 1 is 1.15 bits per heavy atom. The van der Waals surface area contributed by atoms with Crippen molar-refractivity contribution in [2.24, 2.45) is 0 Å². The third-order valence-electron chi connectivity index (χ3n) is 5.31. The molecule has 0 N–H and O–H groups in total. The Hall–Kier alpha value is -1.85. The predicted octanol–water partition coefficient (Wildman–Crippen LogP) is 2.94. The third-order valence-corrected chi connectivity index (χ3v) is 5.31. The lowest BCUT2D eigenvalue weighted by molar-refractivity contribution is 0.0450. The molecule has 0 radical (unpaired) electrons. The van der Waals surface area contributed by atoms with Crippen molar-refractivity contribution in [2.75, 3.05) is 52.4 Å². The van der Waals surface area contributed by atoms with Crippen LogP contribution < -0.4 is 0 Å². The summed E-state index contributed by atoms with van der Waals surface area (Å²) in [5.41, 5.74) is 1.26. The first kappa shape index (κ1) is 18.9. The van der Waals surface area contributed by atoms with Crippen molar-refractivity contribution in [3.05, 3.63) is 42.0 Å². The molecule has 5 nitrogen and oxygen atoms in total. The van der Waals surface area contributed by atoms with E-state index in [1.165, 1.54) is 24.9 Å². The number of hydrogen-bond acceptors (Lipinski definition) is 4. The van der Waals surface area contributed by atoms with Crippen LogP contribution in [-0.2, 0) is 4.74 Å². The van der Waals surface area contributed by atoms with Crippen LogP contribution in [0.15, 0.2) is 36.4 Å². The van der Waals surface area contributed by atoms with Crippen molar-refractivity contribution in [3.63, 3.8) is 0 Å². The molecule has 2 aliphatic heterocycles. The SMILES string of the molecule is CCOC(=O)N1CCN([C@H]2CCCN(C/C=C/c3ccccc3)C2)CC1. The van der Waals surface area contributed by atoms with Gasteiger partial charge in [0.25, 0.3) is 0 Å². The fourth-order valence-corrected chi connectivity index (χ4v) is 3.88. The van der Waals surface area contributed by atoms with Gasteiger partial charge < -0.3 is 9.64 Å². The van der Waals surface area contributed by atoms with Crippen LogP contribution in [0.1, 0.15) is 25.3 Å². The second-order valence-electron chi connectivity index (χ2n) is 7.09. The Labute approximate surface area is 157 Å². The Bertz CT molecular complexity index is 582. The summed E-state index contributed by atoms with van der Waals surface area (Å²) < 4.78 is 5.11. The number of rotatable bonds is 5. The summed E-state index contributed by atoms with van der Waals surface area (Å²) in [4.78, 5) is 18.8. The Morgan fingerprint density at radius 2 is 1.92 bits per heavy atom. The van der Waals surface area contributed by atoms with Crippen LogP contribution in [0.3, 0.4) is 0 Å². The molecule has 5 heteroatoms. The topological polar surface area (TPSA) is 36.0 Å². The van der Waals surface area contributed by atoms with Crippen LogP contribution in [0, 0.1) is 0 Å². The minimum Gasteiger partial charge on any atom is -0.450 e. The summed E-state index contributed by atoms with van der Waals surface area (Å²) in [5.74, 6) is 0. The molecule has 1 aromatic rings. The van der Waals surface area contributed by atoms with E-state index in [0.717, 1.165) is 39.3 Å². The highest BCUT2D eigenvalue weighted by molar-refractivity contribution is 5.67. The predicted molar refractivity (Wildman–Crippen MR) is 105 cm³/mol. The van der Waals surface area contributed by atoms with Crippen molar-refractivity contribution in [2.45, 2.75) is 25.8 Å². The minimum absolute atomic E-state index is 0.163. The van der Waals surface area contributed by atoms with Crippen molar-refractivity contribution in [1.82, 2.24) is 14.7 Å². The fourth-order valence-electron chi connectivity index (χ4n) is 3.88. The molecule has 3 rings (SSSR count). The number of likely N-dealkylation sites (tertiary alicyclic amines) is 1. The van der Waals surface area contributed by atoms with E-state index in [-0.39, 0.29) is 6.09 Å². The number of piperidine rings is 1. The molecular weight excluding hydrogens is 326 g/mol. The van der Waals surface area contributed by atoms with E-state index >= 15 is 0 Å². The number of amides is 1. The molecule has 2 heterocycles. The van der Waals surface area contributed by atoms with Gasteiger partial charge in [0.2, 0.25) is 0 Å². The van der Waals surface area contributed by atoms with E-state index in [2.05, 4.69) is 46.2 Å². The lowest BCUT2D eigenvalue weighted by Gasteiger charge is -2.43. The Balaban J connectivity index is 1.44. The normalized spacial score (nSPS) is 22.7. The number of carbonyl (C=O) groups is 1. The van der Waals surface area contributed by atoms with E-state index in [1.54, 1.807) is 0 Å². The molecule has 26 heavy (non-hydrogen) atoms. The molecule has 1 amide bonds. The molecule has 0 unspecified atom stereocenters. The number of piperazine rings is 1. The zero-order valence-electron chi connectivity index (χ0n) is 15.8. The molecule has 1 atom stereocenters. The van der Waals surface area contributed by atoms with Gasteiger partial charge >= 0.3 is 6.09 Å². The van der Waals surface area contributed by atoms with Gasteiger partial charge in [0, 0.05) is 45.3 Å². The smallest absolute Gasteiger partial charge is 0.409 e. The van der Waals surface area contributed by atoms with Gasteiger partial charge in [-0.2, -0.15) is 0 Å². The Morgan fingerprint density at radius 3 is 2.65 bits per heavy atom. The summed E-state index contributed by atoms with van der Waals surface area (Å²) in [6.45, 7) is 9.09. The van der Waals surface area contributed by atoms with Crippen LogP contribution >= 0.6 is 0 Å². The van der Waals surface area contributed by atoms with Gasteiger partial charge in [0.05, 0.1) is 6.61 Å². The highest BCUT2D eigenvalue weighted by Gasteiger charge is 2.29. The van der Waals surface area contributed by atoms with Crippen molar-refractivity contribution >= 4 is 12.2 Å². The number of benzene rings is 1. The van der Waals surface area contributed by atoms with Gasteiger partial charge in [-0.05, 0) is 31.9 Å². The van der Waals surface area contributed by atoms with E-state index in [1.807, 2.05) is 17.9 Å². The van der Waals surface area contributed by atoms with Gasteiger partial charge in [0.1, 0.15) is 0 Å². The third kappa shape index (κ3) is 5.32. The zero-order chi connectivity index (χ0) is 18.2. The molecular formula is C21H31N3O2. The molecule has 0 bridgehead atoms. The van der Waals surface area contributed by atoms with Gasteiger partial charge in [-0.1, -0.05) is 42.5 Å². The average Bonchev–Trinajstić information content (AvgIpc) is 2.69. The number of nitrogens with zero attached hydrogens (tertiary/aromatic N) is 3. The number of ether oxygens (including phenoxy) is 1. The maximum absolute atomic E-state index is 11.8. The highest BCUT2D eigenvalue weighted by Crippen LogP contribution is 2.18. The summed E-state index contributed by atoms with van der Waals surface area (Å²) in [7, 11) is 0. The summed E-state index contributed by atoms with van der Waals surface area (Å²) >= 11 is 0. The molecule has 0 aliphatic carbocycles. The van der Waals surface area contributed by atoms with Gasteiger partial charge in [0.15, 0.2) is 0 Å². The van der Waals surface area contributed by atoms with Crippen LogP contribution in [0.4, 0.5) is 4.79 Å². The second-order valence-corrected chi connectivity index (χ2v) is 7.09. The number of carbonyl (C=O) groups excluding carboxylic acids is 1. The van der Waals surface area contributed by atoms with E-state index in [9.17, 15) is 4.79 Å². The zero-order valence-corrected chi connectivity index (χ0v) is 15.8. The fraction of sp³-hybridized carbons (Fsp3) is 0.571. The first-order valence-electron chi connectivity index (χ1n) is 9.86. The Kier molecular flexibility index (Phi) is 7.09. The summed E-state index contributed by atoms with van der Waals surface area (Å²) in [6.07, 6.45) is 6.83. The molecule has 0 aromatic heterocycles. The van der Waals surface area contributed by atoms with E-state index in [0.29, 0.717) is 12.6 Å². The molecule has 2 aliphatic rings. The maximum Gasteiger partial charge on any atom is 0.409 e. The lowest BCUT2D eigenvalue weighted by atomic mass is 10.0. The van der Waals surface area contributed by atoms with Gasteiger partial charge in [-0.3, -0.25) is 9.80 Å². The minimum atomic E-state index is -0.163. The monoisotopic (exact) mass is 357 g/mol. The summed E-state index contributed by atoms with van der Waals surface area (Å²) in [5, 5.41) is 0. The molecule has 2 saturated heterocycles. The molecule has 142 valence electrons. The van der Waals surface area contributed by atoms with Crippen LogP contribution in [0.25, 0.3) is 6.08 Å². The largest absolute Gasteiger partial charge is 0.450 e. The van der Waals surface area contributed by atoms with Gasteiger partial charge in [-0.15, -0.1) is 0 Å². The first-order valence-corrected chi connectivity index (χ1v) is 9.86. The van der Waals surface area contributed by atoms with Crippen LogP contribution in [0.2, 0.25) is 0 Å². The standard InChI is InChI=1S/C21H31N3O2/c1-2-26-21(25)24-16-14-23(15-17-24)20-11-7-13-22(18-20)12-6-10-19-8-4-3-5-9-19/h3-6,8-10,20H,2,7,11-18H2,1H3/b10-6+/t20-/m0/s1. The quantitative estimate of drug-likeness (QED) is 0.812. The molecule has 0 saturated carbocycles. The second kappa shape index (κ2) is 9.74. The average molecular weight is 357 g/mol. The summed E-state index contributed by atoms with van der Waals surface area (Å²) in [6, 6.07) is 11.1. The first-order chi connectivity index (χ1) is 12.8. The maximum atomic E-state index is 11.8. The lowest BCUT2D eigenvalue weighted by Crippen LogP contribution is -2.56. The van der Waals surface area contributed by atoms with Crippen molar-refractivity contribution in [3.8, 4) is 0 Å². The van der Waals surface area contributed by atoms with E-state index < -0.39 is 0 Å². The van der Waals surface area contributed by atoms with Gasteiger partial charge in [-0.25, -0.2) is 4.79 Å². The van der Waals surface area contributed by atoms with Crippen molar-refractivity contribution < 1.29 is 9.53 Å². The van der Waals surface area contributed by atoms with Crippen LogP contribution in [-0.4, -0.2) is 79.3 Å². The molecule has 0 spiro atoms. The highest BCUT2D eigenvalue weighted by atomic mass is 16.6. The molecule has 1 aromatic carbocycles. The van der Waals surface area contributed by atoms with Crippen LogP contribution in [0.5, 0.6) is 0 Å². The molecule has 2 fully saturated rings. The van der Waals surface area contributed by atoms with E-state index in [4.69, 9.17) is 4.74 Å².